The number of piperidine rings is 1. The Bertz CT molecular complexity index is 381. The molecular formula is C15H23FN2. The van der Waals surface area contributed by atoms with Crippen molar-refractivity contribution in [3.8, 4) is 0 Å². The third-order valence-electron chi connectivity index (χ3n) is 3.52. The van der Waals surface area contributed by atoms with Crippen LogP contribution in [-0.4, -0.2) is 25.7 Å². The Balaban J connectivity index is 2.03. The smallest absolute Gasteiger partial charge is 0.125 e. The lowest BCUT2D eigenvalue weighted by molar-refractivity contribution is 0.351. The molecular weight excluding hydrogens is 227 g/mol. The first-order chi connectivity index (χ1) is 8.69. The van der Waals surface area contributed by atoms with Gasteiger partial charge in [-0.1, -0.05) is 19.9 Å². The fourth-order valence-electron chi connectivity index (χ4n) is 2.73. The van der Waals surface area contributed by atoms with E-state index in [2.05, 4.69) is 24.1 Å². The van der Waals surface area contributed by atoms with Gasteiger partial charge in [0.05, 0.1) is 0 Å². The van der Waals surface area contributed by atoms with Crippen molar-refractivity contribution in [1.29, 1.82) is 0 Å². The Hall–Kier alpha value is -1.09. The van der Waals surface area contributed by atoms with Crippen LogP contribution in [0.1, 0.15) is 26.7 Å². The van der Waals surface area contributed by atoms with Crippen LogP contribution in [0, 0.1) is 11.7 Å². The van der Waals surface area contributed by atoms with E-state index in [0.29, 0.717) is 12.0 Å². The molecule has 0 radical (unpaired) electrons. The Morgan fingerprint density at radius 3 is 2.94 bits per heavy atom. The van der Waals surface area contributed by atoms with Crippen LogP contribution in [0.5, 0.6) is 0 Å². The molecule has 1 aliphatic heterocycles. The molecule has 18 heavy (non-hydrogen) atoms. The lowest BCUT2D eigenvalue weighted by atomic mass is 9.95. The van der Waals surface area contributed by atoms with Gasteiger partial charge < -0.3 is 10.2 Å². The topological polar surface area (TPSA) is 15.3 Å². The summed E-state index contributed by atoms with van der Waals surface area (Å²) in [7, 11) is 0. The SMILES string of the molecule is CCCNC1CC(C)CN(c2cccc(F)c2)C1. The number of anilines is 1. The van der Waals surface area contributed by atoms with Crippen LogP contribution in [0.15, 0.2) is 24.3 Å². The van der Waals surface area contributed by atoms with Crippen LogP contribution in [0.3, 0.4) is 0 Å². The molecule has 1 aromatic rings. The maximum Gasteiger partial charge on any atom is 0.125 e. The van der Waals surface area contributed by atoms with Gasteiger partial charge >= 0.3 is 0 Å². The molecule has 2 nitrogen and oxygen atoms in total. The maximum absolute atomic E-state index is 13.3. The zero-order valence-electron chi connectivity index (χ0n) is 11.3. The fraction of sp³-hybridized carbons (Fsp3) is 0.600. The van der Waals surface area contributed by atoms with Gasteiger partial charge in [0.1, 0.15) is 5.82 Å². The van der Waals surface area contributed by atoms with Crippen LogP contribution in [0.4, 0.5) is 10.1 Å². The van der Waals surface area contributed by atoms with Crippen LogP contribution in [0.2, 0.25) is 0 Å². The zero-order valence-corrected chi connectivity index (χ0v) is 11.3. The molecule has 0 saturated carbocycles. The van der Waals surface area contributed by atoms with Crippen molar-refractivity contribution in [2.45, 2.75) is 32.7 Å². The normalized spacial score (nSPS) is 24.3. The van der Waals surface area contributed by atoms with Crippen LogP contribution < -0.4 is 10.2 Å². The van der Waals surface area contributed by atoms with E-state index in [1.807, 2.05) is 6.07 Å². The minimum Gasteiger partial charge on any atom is -0.370 e. The highest BCUT2D eigenvalue weighted by Gasteiger charge is 2.24. The van der Waals surface area contributed by atoms with Gasteiger partial charge in [0.25, 0.3) is 0 Å². The predicted molar refractivity (Wildman–Crippen MR) is 74.5 cm³/mol. The molecule has 1 aromatic carbocycles. The standard InChI is InChI=1S/C15H23FN2/c1-3-7-17-14-8-12(2)10-18(11-14)15-6-4-5-13(16)9-15/h4-6,9,12,14,17H,3,7-8,10-11H2,1-2H3. The summed E-state index contributed by atoms with van der Waals surface area (Å²) in [4.78, 5) is 2.30. The Labute approximate surface area is 109 Å². The summed E-state index contributed by atoms with van der Waals surface area (Å²) in [6.45, 7) is 7.52. The van der Waals surface area contributed by atoms with Gasteiger partial charge in [-0.15, -0.1) is 0 Å². The second kappa shape index (κ2) is 6.19. The number of nitrogens with zero attached hydrogens (tertiary/aromatic N) is 1. The first kappa shape index (κ1) is 13.3. The minimum absolute atomic E-state index is 0.149. The molecule has 1 saturated heterocycles. The number of halogens is 1. The molecule has 100 valence electrons. The van der Waals surface area contributed by atoms with Crippen LogP contribution >= 0.6 is 0 Å². The van der Waals surface area contributed by atoms with Crippen molar-refractivity contribution >= 4 is 5.69 Å². The van der Waals surface area contributed by atoms with Gasteiger partial charge in [0.15, 0.2) is 0 Å². The van der Waals surface area contributed by atoms with Gasteiger partial charge in [-0.05, 0) is 43.5 Å². The third-order valence-corrected chi connectivity index (χ3v) is 3.52. The van der Waals surface area contributed by atoms with Crippen molar-refractivity contribution in [3.63, 3.8) is 0 Å². The molecule has 2 atom stereocenters. The first-order valence-corrected chi connectivity index (χ1v) is 6.93. The average molecular weight is 250 g/mol. The van der Waals surface area contributed by atoms with Gasteiger partial charge in [0.2, 0.25) is 0 Å². The van der Waals surface area contributed by atoms with E-state index in [1.54, 1.807) is 12.1 Å². The molecule has 0 aliphatic carbocycles. The van der Waals surface area contributed by atoms with Crippen LogP contribution in [0.25, 0.3) is 0 Å². The third kappa shape index (κ3) is 3.45. The van der Waals surface area contributed by atoms with Crippen molar-refractivity contribution in [3.05, 3.63) is 30.1 Å². The van der Waals surface area contributed by atoms with Crippen molar-refractivity contribution in [1.82, 2.24) is 5.32 Å². The molecule has 0 aromatic heterocycles. The van der Waals surface area contributed by atoms with Crippen LogP contribution in [-0.2, 0) is 0 Å². The summed E-state index contributed by atoms with van der Waals surface area (Å²) in [5.41, 5.74) is 1.00. The summed E-state index contributed by atoms with van der Waals surface area (Å²) in [6.07, 6.45) is 2.37. The molecule has 3 heteroatoms. The second-order valence-corrected chi connectivity index (χ2v) is 5.38. The number of hydrogen-bond acceptors (Lipinski definition) is 2. The number of benzene rings is 1. The highest BCUT2D eigenvalue weighted by Crippen LogP contribution is 2.23. The summed E-state index contributed by atoms with van der Waals surface area (Å²) in [5, 5.41) is 3.58. The quantitative estimate of drug-likeness (QED) is 0.883. The molecule has 1 heterocycles. The first-order valence-electron chi connectivity index (χ1n) is 6.93. The monoisotopic (exact) mass is 250 g/mol. The second-order valence-electron chi connectivity index (χ2n) is 5.38. The van der Waals surface area contributed by atoms with E-state index in [-0.39, 0.29) is 5.82 Å². The largest absolute Gasteiger partial charge is 0.370 e. The number of hydrogen-bond donors (Lipinski definition) is 1. The van der Waals surface area contributed by atoms with E-state index in [4.69, 9.17) is 0 Å². The summed E-state index contributed by atoms with van der Waals surface area (Å²) in [5.74, 6) is 0.500. The molecule has 2 rings (SSSR count). The number of rotatable bonds is 4. The Morgan fingerprint density at radius 2 is 2.22 bits per heavy atom. The molecule has 2 unspecified atom stereocenters. The molecule has 0 spiro atoms. The van der Waals surface area contributed by atoms with Gasteiger partial charge in [0, 0.05) is 24.8 Å². The molecule has 1 N–H and O–H groups in total. The summed E-state index contributed by atoms with van der Waals surface area (Å²) < 4.78 is 13.3. The molecule has 0 amide bonds. The van der Waals surface area contributed by atoms with E-state index in [1.165, 1.54) is 12.5 Å². The highest BCUT2D eigenvalue weighted by molar-refractivity contribution is 5.47. The van der Waals surface area contributed by atoms with Gasteiger partial charge in [-0.2, -0.15) is 0 Å². The van der Waals surface area contributed by atoms with E-state index in [0.717, 1.165) is 31.7 Å². The average Bonchev–Trinajstić information content (AvgIpc) is 2.36. The van der Waals surface area contributed by atoms with E-state index in [9.17, 15) is 4.39 Å². The lowest BCUT2D eigenvalue weighted by Crippen LogP contribution is -2.49. The lowest BCUT2D eigenvalue weighted by Gasteiger charge is -2.38. The minimum atomic E-state index is -0.149. The Kier molecular flexibility index (Phi) is 4.59. The van der Waals surface area contributed by atoms with Crippen molar-refractivity contribution < 1.29 is 4.39 Å². The summed E-state index contributed by atoms with van der Waals surface area (Å²) >= 11 is 0. The molecule has 1 aliphatic rings. The van der Waals surface area contributed by atoms with E-state index >= 15 is 0 Å². The fourth-order valence-corrected chi connectivity index (χ4v) is 2.73. The van der Waals surface area contributed by atoms with Crippen molar-refractivity contribution in [2.24, 2.45) is 5.92 Å². The molecule has 0 bridgehead atoms. The van der Waals surface area contributed by atoms with Gasteiger partial charge in [-0.3, -0.25) is 0 Å². The van der Waals surface area contributed by atoms with Gasteiger partial charge in [-0.25, -0.2) is 4.39 Å². The number of nitrogens with one attached hydrogen (secondary N) is 1. The van der Waals surface area contributed by atoms with E-state index < -0.39 is 0 Å². The molecule has 1 fully saturated rings. The zero-order chi connectivity index (χ0) is 13.0. The van der Waals surface area contributed by atoms with Crippen molar-refractivity contribution in [2.75, 3.05) is 24.5 Å². The summed E-state index contributed by atoms with van der Waals surface area (Å²) in [6, 6.07) is 7.45. The Morgan fingerprint density at radius 1 is 1.39 bits per heavy atom. The predicted octanol–water partition coefficient (Wildman–Crippen LogP) is 3.04. The highest BCUT2D eigenvalue weighted by atomic mass is 19.1. The maximum atomic E-state index is 13.3.